The monoisotopic (exact) mass is 650 g/mol. The summed E-state index contributed by atoms with van der Waals surface area (Å²) in [6.45, 7) is 8.20. The van der Waals surface area contributed by atoms with Crippen molar-refractivity contribution in [2.45, 2.75) is 85.5 Å². The molecular formula is C42H60F2O3. The van der Waals surface area contributed by atoms with Crippen LogP contribution in [-0.2, 0) is 14.2 Å². The summed E-state index contributed by atoms with van der Waals surface area (Å²) in [5.74, 6) is -0.340. The highest BCUT2D eigenvalue weighted by molar-refractivity contribution is 5.14. The van der Waals surface area contributed by atoms with Gasteiger partial charge in [-0.1, -0.05) is 149 Å². The highest BCUT2D eigenvalue weighted by Gasteiger charge is 1.96. The van der Waals surface area contributed by atoms with Crippen molar-refractivity contribution in [1.29, 1.82) is 0 Å². The molecule has 0 bridgehead atoms. The van der Waals surface area contributed by atoms with Gasteiger partial charge in [-0.25, -0.2) is 8.78 Å². The Kier molecular flexibility index (Phi) is 31.5. The lowest BCUT2D eigenvalue weighted by Crippen LogP contribution is -2.11. The second-order valence-electron chi connectivity index (χ2n) is 11.0. The number of aryl methyl sites for hydroxylation is 2. The Balaban J connectivity index is 0.000000525. The van der Waals surface area contributed by atoms with Gasteiger partial charge in [0.25, 0.3) is 0 Å². The van der Waals surface area contributed by atoms with Crippen molar-refractivity contribution in [2.75, 3.05) is 33.2 Å². The molecule has 0 amide bonds. The molecule has 0 atom stereocenters. The van der Waals surface area contributed by atoms with Gasteiger partial charge in [0.15, 0.2) is 0 Å². The molecule has 2 aliphatic heterocycles. The minimum absolute atomic E-state index is 0. The van der Waals surface area contributed by atoms with Crippen LogP contribution in [0.3, 0.4) is 0 Å². The van der Waals surface area contributed by atoms with Crippen LogP contribution < -0.4 is 0 Å². The van der Waals surface area contributed by atoms with Gasteiger partial charge in [0.2, 0.25) is 0 Å². The number of ether oxygens (including phenoxy) is 3. The van der Waals surface area contributed by atoms with E-state index in [2.05, 4.69) is 19.1 Å². The maximum atomic E-state index is 12.2. The number of benzene rings is 4. The first-order valence-electron chi connectivity index (χ1n) is 16.8. The molecule has 4 aromatic rings. The van der Waals surface area contributed by atoms with Gasteiger partial charge in [-0.2, -0.15) is 0 Å². The molecule has 1 saturated carbocycles. The maximum absolute atomic E-state index is 12.2. The van der Waals surface area contributed by atoms with Crippen LogP contribution in [0.5, 0.6) is 0 Å². The third kappa shape index (κ3) is 32.4. The first kappa shape index (κ1) is 43.6. The lowest BCUT2D eigenvalue weighted by molar-refractivity contribution is -0.0963. The summed E-state index contributed by atoms with van der Waals surface area (Å²) in [5, 5.41) is 0. The fourth-order valence-corrected chi connectivity index (χ4v) is 4.13. The fourth-order valence-electron chi connectivity index (χ4n) is 4.13. The van der Waals surface area contributed by atoms with E-state index in [1.54, 1.807) is 24.3 Å². The molecule has 4 aromatic carbocycles. The predicted molar refractivity (Wildman–Crippen MR) is 196 cm³/mol. The topological polar surface area (TPSA) is 27.7 Å². The van der Waals surface area contributed by atoms with Crippen LogP contribution in [-0.4, -0.2) is 33.2 Å². The van der Waals surface area contributed by atoms with Crippen molar-refractivity contribution >= 4 is 0 Å². The Labute approximate surface area is 285 Å². The zero-order valence-corrected chi connectivity index (χ0v) is 28.1. The molecule has 260 valence electrons. The standard InChI is InChI=1S/C7H7F.C7H8.C6H5F.C6H12.C6H6.C5H10O.C4H8O2.CH4/c1-6-3-2-4-7(8)5-6;1-7-5-3-2-4-6-7;7-6-4-2-1-3-5-6;3*1-2-4-6-5-3-1;1-2-5-4-6-3-1;/h2-5H,1H3;2-6H,1H3;1-5H;1-6H2;1-6H;1-5H2;1-4H2;1H4. The minimum atomic E-state index is -0.178. The van der Waals surface area contributed by atoms with Gasteiger partial charge in [0.1, 0.15) is 18.4 Å². The van der Waals surface area contributed by atoms with E-state index in [0.29, 0.717) is 6.79 Å². The van der Waals surface area contributed by atoms with Gasteiger partial charge in [-0.3, -0.25) is 0 Å². The average molecular weight is 651 g/mol. The molecule has 47 heavy (non-hydrogen) atoms. The van der Waals surface area contributed by atoms with E-state index < -0.39 is 0 Å². The van der Waals surface area contributed by atoms with Crippen LogP contribution in [0, 0.1) is 25.5 Å². The zero-order valence-electron chi connectivity index (χ0n) is 28.1. The Morgan fingerprint density at radius 1 is 0.383 bits per heavy atom. The SMILES string of the molecule is C.C1CCCCC1.C1CCOCC1.C1COCOC1.Cc1cccc(F)c1.Cc1ccccc1.Fc1ccccc1.c1ccccc1. The molecule has 3 nitrogen and oxygen atoms in total. The summed E-state index contributed by atoms with van der Waals surface area (Å²) in [7, 11) is 0. The van der Waals surface area contributed by atoms with Crippen LogP contribution in [0.15, 0.2) is 121 Å². The van der Waals surface area contributed by atoms with E-state index in [0.717, 1.165) is 38.4 Å². The summed E-state index contributed by atoms with van der Waals surface area (Å²) in [5.41, 5.74) is 2.28. The number of halogens is 2. The van der Waals surface area contributed by atoms with Crippen molar-refractivity contribution in [1.82, 2.24) is 0 Å². The van der Waals surface area contributed by atoms with Crippen molar-refractivity contribution < 1.29 is 23.0 Å². The Morgan fingerprint density at radius 2 is 0.745 bits per heavy atom. The normalized spacial score (nSPS) is 14.4. The summed E-state index contributed by atoms with van der Waals surface area (Å²) in [6, 6.07) is 36.7. The van der Waals surface area contributed by atoms with E-state index in [9.17, 15) is 8.78 Å². The molecule has 3 aliphatic rings. The van der Waals surface area contributed by atoms with Crippen molar-refractivity contribution in [2.24, 2.45) is 0 Å². The molecule has 0 unspecified atom stereocenters. The van der Waals surface area contributed by atoms with Gasteiger partial charge >= 0.3 is 0 Å². The third-order valence-electron chi connectivity index (χ3n) is 6.64. The molecular weight excluding hydrogens is 590 g/mol. The second kappa shape index (κ2) is 34.0. The summed E-state index contributed by atoms with van der Waals surface area (Å²) in [6.07, 6.45) is 14.0. The van der Waals surface area contributed by atoms with Gasteiger partial charge in [-0.05, 0) is 69.4 Å². The van der Waals surface area contributed by atoms with Crippen LogP contribution in [0.4, 0.5) is 8.78 Å². The predicted octanol–water partition coefficient (Wildman–Crippen LogP) is 12.2. The van der Waals surface area contributed by atoms with Gasteiger partial charge in [-0.15, -0.1) is 0 Å². The maximum Gasteiger partial charge on any atom is 0.146 e. The van der Waals surface area contributed by atoms with E-state index >= 15 is 0 Å². The molecule has 2 heterocycles. The van der Waals surface area contributed by atoms with Gasteiger partial charge < -0.3 is 14.2 Å². The first-order chi connectivity index (χ1) is 22.6. The molecule has 3 fully saturated rings. The Bertz CT molecular complexity index is 988. The van der Waals surface area contributed by atoms with Gasteiger partial charge in [0.05, 0.1) is 13.2 Å². The zero-order chi connectivity index (χ0) is 33.2. The molecule has 5 heteroatoms. The van der Waals surface area contributed by atoms with E-state index in [4.69, 9.17) is 14.2 Å². The summed E-state index contributed by atoms with van der Waals surface area (Å²) >= 11 is 0. The molecule has 7 rings (SSSR count). The second-order valence-corrected chi connectivity index (χ2v) is 11.0. The van der Waals surface area contributed by atoms with Crippen LogP contribution in [0.25, 0.3) is 0 Å². The smallest absolute Gasteiger partial charge is 0.146 e. The largest absolute Gasteiger partial charge is 0.381 e. The van der Waals surface area contributed by atoms with E-state index in [1.165, 1.54) is 87.6 Å². The lowest BCUT2D eigenvalue weighted by atomic mass is 10.0. The molecule has 0 radical (unpaired) electrons. The van der Waals surface area contributed by atoms with E-state index in [-0.39, 0.29) is 19.1 Å². The number of rotatable bonds is 0. The number of hydrogen-bond acceptors (Lipinski definition) is 3. The van der Waals surface area contributed by atoms with Crippen molar-refractivity contribution in [3.8, 4) is 0 Å². The van der Waals surface area contributed by atoms with E-state index in [1.807, 2.05) is 67.6 Å². The average Bonchev–Trinajstić information content (AvgIpc) is 3.14. The Hall–Kier alpha value is -3.38. The van der Waals surface area contributed by atoms with Gasteiger partial charge in [0, 0.05) is 13.2 Å². The van der Waals surface area contributed by atoms with Crippen molar-refractivity contribution in [3.63, 3.8) is 0 Å². The summed E-state index contributed by atoms with van der Waals surface area (Å²) in [4.78, 5) is 0. The molecule has 2 saturated heterocycles. The quantitative estimate of drug-likeness (QED) is 0.190. The summed E-state index contributed by atoms with van der Waals surface area (Å²) < 4.78 is 38.8. The van der Waals surface area contributed by atoms with Crippen LogP contribution in [0.2, 0.25) is 0 Å². The molecule has 0 spiro atoms. The minimum Gasteiger partial charge on any atom is -0.381 e. The molecule has 0 N–H and O–H groups in total. The Morgan fingerprint density at radius 3 is 0.957 bits per heavy atom. The first-order valence-corrected chi connectivity index (χ1v) is 16.8. The number of hydrogen-bond donors (Lipinski definition) is 0. The van der Waals surface area contributed by atoms with Crippen LogP contribution >= 0.6 is 0 Å². The van der Waals surface area contributed by atoms with Crippen molar-refractivity contribution in [3.05, 3.63) is 144 Å². The molecule has 0 aromatic heterocycles. The van der Waals surface area contributed by atoms with Crippen LogP contribution in [0.1, 0.15) is 82.8 Å². The highest BCUT2D eigenvalue weighted by atomic mass is 19.1. The highest BCUT2D eigenvalue weighted by Crippen LogP contribution is 2.15. The molecule has 1 aliphatic carbocycles. The lowest BCUT2D eigenvalue weighted by Gasteiger charge is -2.09. The third-order valence-corrected chi connectivity index (χ3v) is 6.64. The fraction of sp³-hybridized carbons (Fsp3) is 0.429.